The molecule has 0 atom stereocenters. The largest absolute Gasteiger partial charge is 0.324 e. The SMILES string of the molecule is O=C(Cc1csc2nc(-c3ccccc3)cn12)Nc1ccccc1-n1ncc2c(=O)[nH]cnc21. The number of anilines is 1. The number of para-hydroxylation sites is 2. The summed E-state index contributed by atoms with van der Waals surface area (Å²) in [4.78, 5) is 37.3. The molecule has 4 aromatic heterocycles. The van der Waals surface area contributed by atoms with Gasteiger partial charge in [-0.05, 0) is 12.1 Å². The molecule has 0 radical (unpaired) electrons. The number of fused-ring (bicyclic) bond motifs is 2. The molecule has 0 aliphatic rings. The van der Waals surface area contributed by atoms with Gasteiger partial charge in [-0.3, -0.25) is 14.0 Å². The fraction of sp³-hybridized carbons (Fsp3) is 0.0417. The molecule has 2 aromatic carbocycles. The first kappa shape index (κ1) is 20.1. The maximum Gasteiger partial charge on any atom is 0.261 e. The molecule has 0 saturated carbocycles. The maximum atomic E-state index is 13.0. The summed E-state index contributed by atoms with van der Waals surface area (Å²) < 4.78 is 3.50. The van der Waals surface area contributed by atoms with E-state index in [-0.39, 0.29) is 17.9 Å². The first-order chi connectivity index (χ1) is 16.7. The standard InChI is InChI=1S/C24H17N7O2S/c32-21(10-16-13-34-24-29-19(12-30(16)24)15-6-2-1-3-7-15)28-18-8-4-5-9-20(18)31-22-17(11-27-31)23(33)26-14-25-22/h1-9,11-14H,10H2,(H,28,32)(H,25,26,33). The molecule has 6 rings (SSSR count). The summed E-state index contributed by atoms with van der Waals surface area (Å²) in [5.41, 5.74) is 4.08. The van der Waals surface area contributed by atoms with E-state index in [9.17, 15) is 9.59 Å². The number of nitrogens with one attached hydrogen (secondary N) is 2. The minimum Gasteiger partial charge on any atom is -0.324 e. The number of H-pyrrole nitrogens is 1. The highest BCUT2D eigenvalue weighted by atomic mass is 32.1. The number of benzene rings is 2. The van der Waals surface area contributed by atoms with Gasteiger partial charge in [0.15, 0.2) is 10.6 Å². The van der Waals surface area contributed by atoms with Crippen molar-refractivity contribution in [2.75, 3.05) is 5.32 Å². The van der Waals surface area contributed by atoms with Crippen LogP contribution in [-0.4, -0.2) is 35.0 Å². The second kappa shape index (κ2) is 8.09. The second-order valence-electron chi connectivity index (χ2n) is 7.64. The van der Waals surface area contributed by atoms with Crippen LogP contribution in [0.25, 0.3) is 32.9 Å². The number of rotatable bonds is 5. The normalized spacial score (nSPS) is 11.3. The Morgan fingerprint density at radius 2 is 1.91 bits per heavy atom. The summed E-state index contributed by atoms with van der Waals surface area (Å²) in [6.07, 6.45) is 4.93. The van der Waals surface area contributed by atoms with Gasteiger partial charge in [-0.15, -0.1) is 11.3 Å². The zero-order valence-electron chi connectivity index (χ0n) is 17.7. The lowest BCUT2D eigenvalue weighted by Gasteiger charge is -2.11. The van der Waals surface area contributed by atoms with E-state index >= 15 is 0 Å². The van der Waals surface area contributed by atoms with Crippen LogP contribution in [0.5, 0.6) is 0 Å². The van der Waals surface area contributed by atoms with E-state index in [1.165, 1.54) is 23.9 Å². The van der Waals surface area contributed by atoms with Crippen LogP contribution in [-0.2, 0) is 11.2 Å². The number of amides is 1. The van der Waals surface area contributed by atoms with Gasteiger partial charge in [-0.2, -0.15) is 5.10 Å². The minimum atomic E-state index is -0.269. The summed E-state index contributed by atoms with van der Waals surface area (Å²) in [5.74, 6) is -0.177. The molecule has 1 amide bonds. The van der Waals surface area contributed by atoms with Gasteiger partial charge in [-0.25, -0.2) is 14.6 Å². The first-order valence-corrected chi connectivity index (χ1v) is 11.4. The fourth-order valence-electron chi connectivity index (χ4n) is 3.86. The third kappa shape index (κ3) is 3.46. The monoisotopic (exact) mass is 467 g/mol. The van der Waals surface area contributed by atoms with Crippen molar-refractivity contribution in [2.45, 2.75) is 6.42 Å². The van der Waals surface area contributed by atoms with E-state index in [1.54, 1.807) is 10.7 Å². The minimum absolute atomic E-state index is 0.177. The molecule has 0 unspecified atom stereocenters. The van der Waals surface area contributed by atoms with Gasteiger partial charge in [0.05, 0.1) is 36.0 Å². The molecule has 0 saturated heterocycles. The Labute approximate surface area is 196 Å². The van der Waals surface area contributed by atoms with Crippen LogP contribution in [0.3, 0.4) is 0 Å². The molecule has 0 fully saturated rings. The molecule has 0 aliphatic heterocycles. The van der Waals surface area contributed by atoms with Gasteiger partial charge in [0.2, 0.25) is 5.91 Å². The number of hydrogen-bond acceptors (Lipinski definition) is 6. The van der Waals surface area contributed by atoms with Crippen molar-refractivity contribution in [3.05, 3.63) is 94.7 Å². The van der Waals surface area contributed by atoms with E-state index < -0.39 is 0 Å². The summed E-state index contributed by atoms with van der Waals surface area (Å²) in [5, 5.41) is 9.61. The van der Waals surface area contributed by atoms with Crippen LogP contribution in [0.1, 0.15) is 5.69 Å². The number of nitrogens with zero attached hydrogens (tertiary/aromatic N) is 5. The molecule has 0 bridgehead atoms. The molecule has 166 valence electrons. The third-order valence-electron chi connectivity index (χ3n) is 5.47. The molecule has 10 heteroatoms. The van der Waals surface area contributed by atoms with Crippen molar-refractivity contribution < 1.29 is 4.79 Å². The van der Waals surface area contributed by atoms with Gasteiger partial charge in [0, 0.05) is 22.8 Å². The van der Waals surface area contributed by atoms with E-state index in [0.717, 1.165) is 21.9 Å². The van der Waals surface area contributed by atoms with Crippen molar-refractivity contribution in [3.63, 3.8) is 0 Å². The van der Waals surface area contributed by atoms with E-state index in [1.807, 2.05) is 64.5 Å². The van der Waals surface area contributed by atoms with E-state index in [4.69, 9.17) is 0 Å². The zero-order valence-corrected chi connectivity index (χ0v) is 18.5. The van der Waals surface area contributed by atoms with Crippen molar-refractivity contribution >= 4 is 38.9 Å². The van der Waals surface area contributed by atoms with Crippen molar-refractivity contribution in [1.29, 1.82) is 0 Å². The average molecular weight is 468 g/mol. The number of thiazole rings is 1. The summed E-state index contributed by atoms with van der Waals surface area (Å²) in [6, 6.07) is 17.2. The van der Waals surface area contributed by atoms with Crippen LogP contribution >= 0.6 is 11.3 Å². The number of carbonyl (C=O) groups excluding carboxylic acids is 1. The molecule has 0 spiro atoms. The van der Waals surface area contributed by atoms with Crippen LogP contribution in [0.2, 0.25) is 0 Å². The summed E-state index contributed by atoms with van der Waals surface area (Å²) in [6.45, 7) is 0. The predicted octanol–water partition coefficient (Wildman–Crippen LogP) is 3.67. The summed E-state index contributed by atoms with van der Waals surface area (Å²) >= 11 is 1.50. The van der Waals surface area contributed by atoms with Crippen LogP contribution in [0.4, 0.5) is 5.69 Å². The van der Waals surface area contributed by atoms with E-state index in [0.29, 0.717) is 22.4 Å². The van der Waals surface area contributed by atoms with Crippen molar-refractivity contribution in [3.8, 4) is 16.9 Å². The van der Waals surface area contributed by atoms with Crippen LogP contribution < -0.4 is 10.9 Å². The lowest BCUT2D eigenvalue weighted by atomic mass is 10.2. The van der Waals surface area contributed by atoms with Gasteiger partial charge < -0.3 is 10.3 Å². The van der Waals surface area contributed by atoms with Crippen LogP contribution in [0.15, 0.2) is 83.5 Å². The molecule has 6 aromatic rings. The smallest absolute Gasteiger partial charge is 0.261 e. The average Bonchev–Trinajstić information content (AvgIpc) is 3.56. The third-order valence-corrected chi connectivity index (χ3v) is 6.36. The van der Waals surface area contributed by atoms with Crippen molar-refractivity contribution in [1.82, 2.24) is 29.1 Å². The lowest BCUT2D eigenvalue weighted by Crippen LogP contribution is -2.17. The van der Waals surface area contributed by atoms with E-state index in [2.05, 4.69) is 25.4 Å². The van der Waals surface area contributed by atoms with Gasteiger partial charge in [0.25, 0.3) is 5.56 Å². The summed E-state index contributed by atoms with van der Waals surface area (Å²) in [7, 11) is 0. The number of aromatic nitrogens is 6. The van der Waals surface area contributed by atoms with Gasteiger partial charge in [-0.1, -0.05) is 42.5 Å². The molecule has 0 aliphatic carbocycles. The number of hydrogen-bond donors (Lipinski definition) is 2. The lowest BCUT2D eigenvalue weighted by molar-refractivity contribution is -0.115. The Kier molecular flexibility index (Phi) is 4.77. The molecule has 2 N–H and O–H groups in total. The molecular formula is C24H17N7O2S. The molecule has 34 heavy (non-hydrogen) atoms. The molecular weight excluding hydrogens is 450 g/mol. The zero-order chi connectivity index (χ0) is 23.1. The Balaban J connectivity index is 1.28. The molecule has 9 nitrogen and oxygen atoms in total. The second-order valence-corrected chi connectivity index (χ2v) is 8.48. The van der Waals surface area contributed by atoms with Crippen molar-refractivity contribution in [2.24, 2.45) is 0 Å². The highest BCUT2D eigenvalue weighted by Crippen LogP contribution is 2.25. The Bertz CT molecular complexity index is 1710. The van der Waals surface area contributed by atoms with Crippen LogP contribution in [0, 0.1) is 0 Å². The highest BCUT2D eigenvalue weighted by Gasteiger charge is 2.16. The molecule has 4 heterocycles. The number of imidazole rings is 1. The number of carbonyl (C=O) groups is 1. The Hall–Kier alpha value is -4.57. The number of aromatic amines is 1. The quantitative estimate of drug-likeness (QED) is 0.402. The maximum absolute atomic E-state index is 13.0. The highest BCUT2D eigenvalue weighted by molar-refractivity contribution is 7.15. The fourth-order valence-corrected chi connectivity index (χ4v) is 4.73. The Morgan fingerprint density at radius 1 is 1.09 bits per heavy atom. The van der Waals surface area contributed by atoms with Gasteiger partial charge >= 0.3 is 0 Å². The predicted molar refractivity (Wildman–Crippen MR) is 130 cm³/mol. The topological polar surface area (TPSA) is 110 Å². The first-order valence-electron chi connectivity index (χ1n) is 10.5. The Morgan fingerprint density at radius 3 is 2.79 bits per heavy atom. The van der Waals surface area contributed by atoms with Gasteiger partial charge in [0.1, 0.15) is 5.39 Å².